The fraction of sp³-hybridized carbons (Fsp3) is 0.133. The van der Waals surface area contributed by atoms with Gasteiger partial charge in [0.1, 0.15) is 5.75 Å². The number of fused-ring (bicyclic) bond motifs is 2. The lowest BCUT2D eigenvalue weighted by molar-refractivity contribution is 0.0696. The van der Waals surface area contributed by atoms with Gasteiger partial charge in [-0.15, -0.1) is 0 Å². The second-order valence-electron chi connectivity index (χ2n) is 4.57. The van der Waals surface area contributed by atoms with E-state index in [1.54, 1.807) is 25.3 Å². The Bertz CT molecular complexity index is 717. The zero-order valence-corrected chi connectivity index (χ0v) is 12.0. The molecule has 6 heteroatoms. The minimum atomic E-state index is -0.998. The molecule has 0 bridgehead atoms. The van der Waals surface area contributed by atoms with Crippen LogP contribution in [0.4, 0.5) is 5.69 Å². The van der Waals surface area contributed by atoms with E-state index in [2.05, 4.69) is 5.32 Å². The van der Waals surface area contributed by atoms with Gasteiger partial charge in [-0.2, -0.15) is 0 Å². The van der Waals surface area contributed by atoms with Gasteiger partial charge in [-0.1, -0.05) is 11.8 Å². The van der Waals surface area contributed by atoms with Crippen molar-refractivity contribution in [2.45, 2.75) is 16.0 Å². The fourth-order valence-corrected chi connectivity index (χ4v) is 3.19. The van der Waals surface area contributed by atoms with Gasteiger partial charge in [0.05, 0.1) is 18.4 Å². The van der Waals surface area contributed by atoms with Crippen molar-refractivity contribution in [3.05, 3.63) is 47.5 Å². The average molecular weight is 303 g/mol. The molecule has 1 heterocycles. The van der Waals surface area contributed by atoms with E-state index in [0.717, 1.165) is 9.79 Å². The van der Waals surface area contributed by atoms with Gasteiger partial charge in [0, 0.05) is 15.4 Å². The number of aromatic carboxylic acids is 1. The molecule has 1 aliphatic rings. The van der Waals surface area contributed by atoms with Gasteiger partial charge in [0.2, 0.25) is 0 Å². The van der Waals surface area contributed by atoms with Crippen molar-refractivity contribution in [2.24, 2.45) is 0 Å². The molecule has 1 atom stereocenters. The summed E-state index contributed by atoms with van der Waals surface area (Å²) in [5.41, 5.74) is 1.48. The minimum Gasteiger partial charge on any atom is -0.497 e. The average Bonchev–Trinajstić information content (AvgIpc) is 2.62. The first-order valence-electron chi connectivity index (χ1n) is 6.26. The molecule has 108 valence electrons. The normalized spacial score (nSPS) is 16.2. The van der Waals surface area contributed by atoms with Crippen molar-refractivity contribution in [1.29, 1.82) is 0 Å². The summed E-state index contributed by atoms with van der Waals surface area (Å²) in [4.78, 5) is 12.8. The number of benzene rings is 2. The van der Waals surface area contributed by atoms with Gasteiger partial charge >= 0.3 is 5.97 Å². The standard InChI is InChI=1S/C15H13NO4S/c1-20-9-3-5-12-10(7-9)14(17)16-11-6-8(15(18)19)2-4-13(11)21-12/h2-7,14,16-17H,1H3,(H,18,19). The number of anilines is 1. The third-order valence-corrected chi connectivity index (χ3v) is 4.42. The number of hydrogen-bond acceptors (Lipinski definition) is 5. The summed E-state index contributed by atoms with van der Waals surface area (Å²) in [5.74, 6) is -0.338. The summed E-state index contributed by atoms with van der Waals surface area (Å²) < 4.78 is 5.17. The lowest BCUT2D eigenvalue weighted by Crippen LogP contribution is -2.10. The fourth-order valence-electron chi connectivity index (χ4n) is 2.17. The first-order valence-corrected chi connectivity index (χ1v) is 7.08. The van der Waals surface area contributed by atoms with Gasteiger partial charge in [-0.3, -0.25) is 0 Å². The number of aliphatic hydroxyl groups excluding tert-OH is 1. The first-order chi connectivity index (χ1) is 10.1. The monoisotopic (exact) mass is 303 g/mol. The molecule has 0 amide bonds. The van der Waals surface area contributed by atoms with Crippen LogP contribution in [0.3, 0.4) is 0 Å². The second kappa shape index (κ2) is 5.31. The van der Waals surface area contributed by atoms with Crippen LogP contribution in [-0.2, 0) is 0 Å². The molecule has 3 N–H and O–H groups in total. The summed E-state index contributed by atoms with van der Waals surface area (Å²) in [6.45, 7) is 0. The number of carboxylic acid groups (broad SMARTS) is 1. The number of methoxy groups -OCH3 is 1. The smallest absolute Gasteiger partial charge is 0.335 e. The van der Waals surface area contributed by atoms with Crippen molar-refractivity contribution < 1.29 is 19.7 Å². The van der Waals surface area contributed by atoms with E-state index in [1.807, 2.05) is 12.1 Å². The molecule has 0 radical (unpaired) electrons. The number of aliphatic hydroxyl groups is 1. The SMILES string of the molecule is COc1ccc2c(c1)C(O)Nc1cc(C(=O)O)ccc1S2. The summed E-state index contributed by atoms with van der Waals surface area (Å²) in [6.07, 6.45) is -0.923. The number of carbonyl (C=O) groups is 1. The molecule has 1 aliphatic heterocycles. The van der Waals surface area contributed by atoms with Crippen molar-refractivity contribution in [3.8, 4) is 5.75 Å². The van der Waals surface area contributed by atoms with Crippen LogP contribution in [-0.4, -0.2) is 23.3 Å². The van der Waals surface area contributed by atoms with Crippen LogP contribution in [0.5, 0.6) is 5.75 Å². The predicted molar refractivity (Wildman–Crippen MR) is 79.1 cm³/mol. The topological polar surface area (TPSA) is 78.8 Å². The van der Waals surface area contributed by atoms with Gasteiger partial charge in [0.25, 0.3) is 0 Å². The van der Waals surface area contributed by atoms with Crippen LogP contribution in [0.15, 0.2) is 46.2 Å². The molecule has 5 nitrogen and oxygen atoms in total. The lowest BCUT2D eigenvalue weighted by atomic mass is 10.1. The third-order valence-electron chi connectivity index (χ3n) is 3.25. The quantitative estimate of drug-likeness (QED) is 0.791. The van der Waals surface area contributed by atoms with Crippen LogP contribution in [0.25, 0.3) is 0 Å². The highest BCUT2D eigenvalue weighted by Crippen LogP contribution is 2.43. The number of nitrogens with one attached hydrogen (secondary N) is 1. The van der Waals surface area contributed by atoms with E-state index >= 15 is 0 Å². The van der Waals surface area contributed by atoms with E-state index in [0.29, 0.717) is 17.0 Å². The number of ether oxygens (including phenoxy) is 1. The maximum atomic E-state index is 11.0. The molecule has 2 aromatic carbocycles. The van der Waals surface area contributed by atoms with E-state index in [1.165, 1.54) is 17.8 Å². The maximum absolute atomic E-state index is 11.0. The number of rotatable bonds is 2. The van der Waals surface area contributed by atoms with Crippen LogP contribution in [0.2, 0.25) is 0 Å². The summed E-state index contributed by atoms with van der Waals surface area (Å²) >= 11 is 1.48. The second-order valence-corrected chi connectivity index (χ2v) is 5.65. The molecule has 0 aromatic heterocycles. The molecule has 0 saturated carbocycles. The Balaban J connectivity index is 2.06. The van der Waals surface area contributed by atoms with Crippen molar-refractivity contribution >= 4 is 23.4 Å². The van der Waals surface area contributed by atoms with Crippen LogP contribution >= 0.6 is 11.8 Å². The highest BCUT2D eigenvalue weighted by atomic mass is 32.2. The molecule has 0 saturated heterocycles. The molecule has 2 aromatic rings. The largest absolute Gasteiger partial charge is 0.497 e. The highest BCUT2D eigenvalue weighted by Gasteiger charge is 2.21. The Morgan fingerprint density at radius 3 is 2.71 bits per heavy atom. The summed E-state index contributed by atoms with van der Waals surface area (Å²) in [7, 11) is 1.57. The van der Waals surface area contributed by atoms with Gasteiger partial charge in [-0.05, 0) is 36.4 Å². The molecule has 0 aliphatic carbocycles. The third kappa shape index (κ3) is 2.55. The zero-order valence-electron chi connectivity index (χ0n) is 11.2. The van der Waals surface area contributed by atoms with Crippen LogP contribution in [0, 0.1) is 0 Å². The van der Waals surface area contributed by atoms with Gasteiger partial charge in [0.15, 0.2) is 6.23 Å². The van der Waals surface area contributed by atoms with E-state index in [9.17, 15) is 9.90 Å². The Kier molecular flexibility index (Phi) is 3.48. The highest BCUT2D eigenvalue weighted by molar-refractivity contribution is 7.99. The predicted octanol–water partition coefficient (Wildman–Crippen LogP) is 2.96. The molecule has 0 spiro atoms. The van der Waals surface area contributed by atoms with E-state index in [4.69, 9.17) is 9.84 Å². The summed E-state index contributed by atoms with van der Waals surface area (Å²) in [6, 6.07) is 10.3. The van der Waals surface area contributed by atoms with Gasteiger partial charge in [-0.25, -0.2) is 4.79 Å². The van der Waals surface area contributed by atoms with E-state index < -0.39 is 12.2 Å². The minimum absolute atomic E-state index is 0.178. The number of hydrogen-bond donors (Lipinski definition) is 3. The lowest BCUT2D eigenvalue weighted by Gasteiger charge is -2.14. The molecule has 3 rings (SSSR count). The molecule has 0 fully saturated rings. The van der Waals surface area contributed by atoms with E-state index in [-0.39, 0.29) is 5.56 Å². The Hall–Kier alpha value is -2.18. The first kappa shape index (κ1) is 13.8. The van der Waals surface area contributed by atoms with Crippen molar-refractivity contribution in [2.75, 3.05) is 12.4 Å². The van der Waals surface area contributed by atoms with Crippen LogP contribution < -0.4 is 10.1 Å². The Morgan fingerprint density at radius 1 is 1.24 bits per heavy atom. The van der Waals surface area contributed by atoms with Gasteiger partial charge < -0.3 is 20.3 Å². The maximum Gasteiger partial charge on any atom is 0.335 e. The molecule has 21 heavy (non-hydrogen) atoms. The van der Waals surface area contributed by atoms with Crippen molar-refractivity contribution in [1.82, 2.24) is 0 Å². The number of carboxylic acids is 1. The molecular weight excluding hydrogens is 290 g/mol. The zero-order chi connectivity index (χ0) is 15.0. The Morgan fingerprint density at radius 2 is 2.00 bits per heavy atom. The van der Waals surface area contributed by atoms with Crippen molar-refractivity contribution in [3.63, 3.8) is 0 Å². The van der Waals surface area contributed by atoms with Crippen LogP contribution in [0.1, 0.15) is 22.1 Å². The summed E-state index contributed by atoms with van der Waals surface area (Å²) in [5, 5.41) is 22.3. The Labute approximate surface area is 125 Å². The molecular formula is C15H13NO4S. The molecule has 1 unspecified atom stereocenters.